The summed E-state index contributed by atoms with van der Waals surface area (Å²) in [4.78, 5) is 24.5. The van der Waals surface area contributed by atoms with Gasteiger partial charge in [-0.15, -0.1) is 0 Å². The Morgan fingerprint density at radius 2 is 2.04 bits per heavy atom. The zero-order valence-corrected chi connectivity index (χ0v) is 13.1. The minimum Gasteiger partial charge on any atom is -0.497 e. The van der Waals surface area contributed by atoms with Crippen LogP contribution < -0.4 is 10.1 Å². The number of aliphatic hydroxyl groups is 1. The van der Waals surface area contributed by atoms with E-state index < -0.39 is 18.1 Å². The summed E-state index contributed by atoms with van der Waals surface area (Å²) in [5.41, 5.74) is 1.08. The van der Waals surface area contributed by atoms with Crippen LogP contribution in [0.15, 0.2) is 24.3 Å². The third kappa shape index (κ3) is 4.94. The average Bonchev–Trinajstić information content (AvgIpc) is 2.88. The normalized spacial score (nSPS) is 21.1. The third-order valence-electron chi connectivity index (χ3n) is 3.91. The number of aliphatic hydroxyl groups excluding tert-OH is 1. The second-order valence-corrected chi connectivity index (χ2v) is 5.62. The van der Waals surface area contributed by atoms with Crippen molar-refractivity contribution in [1.29, 1.82) is 0 Å². The van der Waals surface area contributed by atoms with Crippen LogP contribution in [0.2, 0.25) is 0 Å². The number of nitrogens with zero attached hydrogens (tertiary/aromatic N) is 1. The summed E-state index contributed by atoms with van der Waals surface area (Å²) < 4.78 is 5.08. The molecule has 1 aliphatic heterocycles. The Morgan fingerprint density at radius 3 is 2.65 bits per heavy atom. The minimum atomic E-state index is -1.01. The van der Waals surface area contributed by atoms with Crippen LogP contribution in [-0.4, -0.2) is 65.9 Å². The van der Waals surface area contributed by atoms with Crippen LogP contribution in [0.4, 0.5) is 0 Å². The highest BCUT2D eigenvalue weighted by molar-refractivity contribution is 5.80. The topological polar surface area (TPSA) is 99.1 Å². The molecule has 0 radical (unpaired) electrons. The summed E-state index contributed by atoms with van der Waals surface area (Å²) in [6.45, 7) is 0.665. The Bertz CT molecular complexity index is 546. The van der Waals surface area contributed by atoms with E-state index in [2.05, 4.69) is 5.32 Å². The molecule has 7 nitrogen and oxygen atoms in total. The monoisotopic (exact) mass is 322 g/mol. The molecule has 1 amide bonds. The molecule has 2 rings (SSSR count). The van der Waals surface area contributed by atoms with Gasteiger partial charge in [0.1, 0.15) is 11.8 Å². The Hall–Kier alpha value is -2.12. The molecule has 0 saturated carbocycles. The van der Waals surface area contributed by atoms with Gasteiger partial charge in [0.2, 0.25) is 5.91 Å². The Balaban J connectivity index is 1.75. The lowest BCUT2D eigenvalue weighted by atomic mass is 10.1. The van der Waals surface area contributed by atoms with Gasteiger partial charge in [0, 0.05) is 19.5 Å². The van der Waals surface area contributed by atoms with E-state index in [0.717, 1.165) is 11.3 Å². The van der Waals surface area contributed by atoms with E-state index in [4.69, 9.17) is 9.84 Å². The second kappa shape index (κ2) is 7.94. The number of amides is 1. The van der Waals surface area contributed by atoms with Gasteiger partial charge < -0.3 is 20.3 Å². The van der Waals surface area contributed by atoms with Crippen LogP contribution in [0, 0.1) is 0 Å². The van der Waals surface area contributed by atoms with Gasteiger partial charge in [0.05, 0.1) is 19.8 Å². The summed E-state index contributed by atoms with van der Waals surface area (Å²) in [6.07, 6.45) is 0.151. The molecule has 0 aromatic heterocycles. The number of likely N-dealkylation sites (tertiary alicyclic amines) is 1. The van der Waals surface area contributed by atoms with Crippen molar-refractivity contribution in [3.05, 3.63) is 29.8 Å². The van der Waals surface area contributed by atoms with E-state index >= 15 is 0 Å². The number of carboxylic acid groups (broad SMARTS) is 1. The Morgan fingerprint density at radius 1 is 1.35 bits per heavy atom. The highest BCUT2D eigenvalue weighted by Gasteiger charge is 2.36. The van der Waals surface area contributed by atoms with E-state index in [1.807, 2.05) is 24.3 Å². The number of nitrogens with one attached hydrogen (secondary N) is 1. The molecule has 0 bridgehead atoms. The maximum Gasteiger partial charge on any atom is 0.321 e. The number of carbonyl (C=O) groups is 2. The van der Waals surface area contributed by atoms with E-state index in [9.17, 15) is 14.7 Å². The van der Waals surface area contributed by atoms with Gasteiger partial charge in [-0.2, -0.15) is 0 Å². The van der Waals surface area contributed by atoms with Gasteiger partial charge in [-0.05, 0) is 24.1 Å². The number of carboxylic acids is 1. The number of hydrogen-bond donors (Lipinski definition) is 3. The SMILES string of the molecule is COc1ccc(CCNC(=O)CN2C[C@H](O)C[C@H]2C(=O)O)cc1. The van der Waals surface area contributed by atoms with E-state index in [-0.39, 0.29) is 25.4 Å². The molecule has 126 valence electrons. The van der Waals surface area contributed by atoms with E-state index in [1.165, 1.54) is 4.90 Å². The molecule has 1 aromatic carbocycles. The average molecular weight is 322 g/mol. The van der Waals surface area contributed by atoms with Gasteiger partial charge in [0.25, 0.3) is 0 Å². The lowest BCUT2D eigenvalue weighted by Gasteiger charge is -2.19. The summed E-state index contributed by atoms with van der Waals surface area (Å²) in [6, 6.07) is 6.79. The second-order valence-electron chi connectivity index (χ2n) is 5.62. The van der Waals surface area contributed by atoms with Gasteiger partial charge in [0.15, 0.2) is 0 Å². The first-order chi connectivity index (χ1) is 11.0. The van der Waals surface area contributed by atoms with Gasteiger partial charge >= 0.3 is 5.97 Å². The molecule has 2 atom stereocenters. The highest BCUT2D eigenvalue weighted by atomic mass is 16.5. The largest absolute Gasteiger partial charge is 0.497 e. The van der Waals surface area contributed by atoms with Crippen molar-refractivity contribution < 1.29 is 24.5 Å². The lowest BCUT2D eigenvalue weighted by Crippen LogP contribution is -2.43. The smallest absolute Gasteiger partial charge is 0.321 e. The number of benzene rings is 1. The quantitative estimate of drug-likeness (QED) is 0.647. The summed E-state index contributed by atoms with van der Waals surface area (Å²) in [5, 5.41) is 21.4. The molecule has 23 heavy (non-hydrogen) atoms. The molecule has 7 heteroatoms. The number of β-amino-alcohol motifs (C(OH)–C–C–N with tert-alkyl or cyclic N) is 1. The van der Waals surface area contributed by atoms with E-state index in [1.54, 1.807) is 7.11 Å². The Kier molecular flexibility index (Phi) is 5.95. The van der Waals surface area contributed by atoms with Crippen molar-refractivity contribution >= 4 is 11.9 Å². The van der Waals surface area contributed by atoms with Crippen molar-refractivity contribution in [3.8, 4) is 5.75 Å². The highest BCUT2D eigenvalue weighted by Crippen LogP contribution is 2.17. The van der Waals surface area contributed by atoms with Crippen molar-refractivity contribution in [3.63, 3.8) is 0 Å². The molecule has 1 aliphatic rings. The first-order valence-corrected chi connectivity index (χ1v) is 7.54. The molecule has 1 saturated heterocycles. The summed E-state index contributed by atoms with van der Waals surface area (Å²) in [5.74, 6) is -0.462. The van der Waals surface area contributed by atoms with Crippen LogP contribution in [0.25, 0.3) is 0 Å². The van der Waals surface area contributed by atoms with Crippen LogP contribution in [0.5, 0.6) is 5.75 Å². The fourth-order valence-electron chi connectivity index (χ4n) is 2.69. The first-order valence-electron chi connectivity index (χ1n) is 7.54. The van der Waals surface area contributed by atoms with E-state index in [0.29, 0.717) is 13.0 Å². The molecular weight excluding hydrogens is 300 g/mol. The molecular formula is C16H22N2O5. The molecule has 3 N–H and O–H groups in total. The van der Waals surface area contributed by atoms with Crippen LogP contribution in [0.1, 0.15) is 12.0 Å². The summed E-state index contributed by atoms with van der Waals surface area (Å²) in [7, 11) is 1.61. The van der Waals surface area contributed by atoms with Crippen molar-refractivity contribution in [2.45, 2.75) is 25.0 Å². The van der Waals surface area contributed by atoms with Gasteiger partial charge in [-0.1, -0.05) is 12.1 Å². The van der Waals surface area contributed by atoms with Crippen molar-refractivity contribution in [2.75, 3.05) is 26.7 Å². The molecule has 0 unspecified atom stereocenters. The molecule has 0 spiro atoms. The number of aliphatic carboxylic acids is 1. The fourth-order valence-corrected chi connectivity index (χ4v) is 2.69. The molecule has 0 aliphatic carbocycles. The number of rotatable bonds is 7. The van der Waals surface area contributed by atoms with Gasteiger partial charge in [-0.3, -0.25) is 14.5 Å². The fraction of sp³-hybridized carbons (Fsp3) is 0.500. The van der Waals surface area contributed by atoms with Crippen LogP contribution >= 0.6 is 0 Å². The number of methoxy groups -OCH3 is 1. The third-order valence-corrected chi connectivity index (χ3v) is 3.91. The Labute approximate surface area is 134 Å². The molecule has 1 heterocycles. The number of carbonyl (C=O) groups excluding carboxylic acids is 1. The summed E-state index contributed by atoms with van der Waals surface area (Å²) >= 11 is 0. The molecule has 1 aromatic rings. The standard InChI is InChI=1S/C16H22N2O5/c1-23-13-4-2-11(3-5-13)6-7-17-15(20)10-18-9-12(19)8-14(18)16(21)22/h2-5,12,14,19H,6-10H2,1H3,(H,17,20)(H,21,22)/t12-,14+/m1/s1. The predicted molar refractivity (Wildman–Crippen MR) is 83.3 cm³/mol. The number of ether oxygens (including phenoxy) is 1. The lowest BCUT2D eigenvalue weighted by molar-refractivity contribution is -0.142. The maximum atomic E-state index is 11.9. The first kappa shape index (κ1) is 17.2. The zero-order chi connectivity index (χ0) is 16.8. The maximum absolute atomic E-state index is 11.9. The predicted octanol–water partition coefficient (Wildman–Crippen LogP) is -0.126. The van der Waals surface area contributed by atoms with Crippen molar-refractivity contribution in [2.24, 2.45) is 0 Å². The minimum absolute atomic E-state index is 0.0172. The molecule has 1 fully saturated rings. The number of hydrogen-bond acceptors (Lipinski definition) is 5. The van der Waals surface area contributed by atoms with Gasteiger partial charge in [-0.25, -0.2) is 0 Å². The van der Waals surface area contributed by atoms with Crippen LogP contribution in [0.3, 0.4) is 0 Å². The van der Waals surface area contributed by atoms with Crippen molar-refractivity contribution in [1.82, 2.24) is 10.2 Å². The van der Waals surface area contributed by atoms with Crippen LogP contribution in [-0.2, 0) is 16.0 Å². The zero-order valence-electron chi connectivity index (χ0n) is 13.1.